The van der Waals surface area contributed by atoms with Crippen LogP contribution in [0, 0.1) is 0 Å². The number of nitrogens with zero attached hydrogens (tertiary/aromatic N) is 1. The van der Waals surface area contributed by atoms with E-state index in [2.05, 4.69) is 15.8 Å². The Labute approximate surface area is 163 Å². The molecule has 0 atom stereocenters. The van der Waals surface area contributed by atoms with E-state index < -0.39 is 6.03 Å². The molecule has 142 valence electrons. The lowest BCUT2D eigenvalue weighted by molar-refractivity contribution is 0.217. The Morgan fingerprint density at radius 2 is 1.36 bits per heavy atom. The summed E-state index contributed by atoms with van der Waals surface area (Å²) in [6, 6.07) is 25.8. The molecule has 2 N–H and O–H groups in total. The third-order valence-corrected chi connectivity index (χ3v) is 3.66. The highest BCUT2D eigenvalue weighted by molar-refractivity contribution is 5.90. The van der Waals surface area contributed by atoms with E-state index in [4.69, 9.17) is 9.47 Å². The van der Waals surface area contributed by atoms with Gasteiger partial charge in [-0.15, -0.1) is 0 Å². The molecule has 0 saturated heterocycles. The second kappa shape index (κ2) is 10.4. The Hall–Kier alpha value is -3.80. The maximum Gasteiger partial charge on any atom is 0.339 e. The van der Waals surface area contributed by atoms with Crippen LogP contribution >= 0.6 is 0 Å². The molecule has 0 heterocycles. The van der Waals surface area contributed by atoms with Gasteiger partial charge in [0.25, 0.3) is 0 Å². The first-order chi connectivity index (χ1) is 13.8. The summed E-state index contributed by atoms with van der Waals surface area (Å²) in [7, 11) is 0. The maximum absolute atomic E-state index is 11.7. The number of carbonyl (C=O) groups is 1. The number of urea groups is 1. The standard InChI is InChI=1S/C22H21N3O3/c26-22(24-19-7-3-1-4-8-19)25-23-17-18-11-13-21(14-12-18)28-16-15-27-20-9-5-2-6-10-20/h1-14,17H,15-16H2,(H2,24,25,26). The Bertz CT molecular complexity index is 882. The quantitative estimate of drug-likeness (QED) is 0.350. The monoisotopic (exact) mass is 375 g/mol. The molecule has 0 aromatic heterocycles. The molecule has 0 bridgehead atoms. The van der Waals surface area contributed by atoms with Gasteiger partial charge in [-0.25, -0.2) is 10.2 Å². The van der Waals surface area contributed by atoms with E-state index in [9.17, 15) is 4.79 Å². The normalized spacial score (nSPS) is 10.4. The molecule has 3 aromatic rings. The van der Waals surface area contributed by atoms with Crippen LogP contribution in [0.1, 0.15) is 5.56 Å². The molecular formula is C22H21N3O3. The summed E-state index contributed by atoms with van der Waals surface area (Å²) in [5, 5.41) is 6.61. The summed E-state index contributed by atoms with van der Waals surface area (Å²) < 4.78 is 11.2. The van der Waals surface area contributed by atoms with E-state index in [0.29, 0.717) is 18.9 Å². The number of hydrogen-bond acceptors (Lipinski definition) is 4. The van der Waals surface area contributed by atoms with Crippen LogP contribution in [0.25, 0.3) is 0 Å². The summed E-state index contributed by atoms with van der Waals surface area (Å²) in [6.45, 7) is 0.914. The molecule has 6 heteroatoms. The minimum Gasteiger partial charge on any atom is -0.490 e. The van der Waals surface area contributed by atoms with Crippen molar-refractivity contribution >= 4 is 17.9 Å². The second-order valence-corrected chi connectivity index (χ2v) is 5.77. The predicted molar refractivity (Wildman–Crippen MR) is 110 cm³/mol. The Morgan fingerprint density at radius 1 is 0.786 bits per heavy atom. The smallest absolute Gasteiger partial charge is 0.339 e. The molecule has 0 saturated carbocycles. The third-order valence-electron chi connectivity index (χ3n) is 3.66. The number of carbonyl (C=O) groups excluding carboxylic acids is 1. The van der Waals surface area contributed by atoms with Crippen molar-refractivity contribution in [2.45, 2.75) is 0 Å². The lowest BCUT2D eigenvalue weighted by Crippen LogP contribution is -2.24. The zero-order valence-corrected chi connectivity index (χ0v) is 15.2. The Morgan fingerprint density at radius 3 is 2.00 bits per heavy atom. The van der Waals surface area contributed by atoms with Gasteiger partial charge in [0.05, 0.1) is 6.21 Å². The molecule has 0 aliphatic rings. The van der Waals surface area contributed by atoms with Crippen LogP contribution in [0.4, 0.5) is 10.5 Å². The van der Waals surface area contributed by atoms with Gasteiger partial charge < -0.3 is 14.8 Å². The van der Waals surface area contributed by atoms with Crippen molar-refractivity contribution in [3.8, 4) is 11.5 Å². The Balaban J connectivity index is 1.37. The minimum atomic E-state index is -0.402. The van der Waals surface area contributed by atoms with Crippen molar-refractivity contribution in [1.29, 1.82) is 0 Å². The van der Waals surface area contributed by atoms with Crippen LogP contribution in [-0.4, -0.2) is 25.5 Å². The lowest BCUT2D eigenvalue weighted by atomic mass is 10.2. The number of nitrogens with one attached hydrogen (secondary N) is 2. The van der Waals surface area contributed by atoms with Crippen LogP contribution in [0.5, 0.6) is 11.5 Å². The summed E-state index contributed by atoms with van der Waals surface area (Å²) in [5.74, 6) is 1.56. The number of hydrazone groups is 1. The molecule has 3 rings (SSSR count). The highest BCUT2D eigenvalue weighted by atomic mass is 16.5. The van der Waals surface area contributed by atoms with Crippen LogP contribution in [0.2, 0.25) is 0 Å². The third kappa shape index (κ3) is 6.49. The molecule has 3 aromatic carbocycles. The van der Waals surface area contributed by atoms with Gasteiger partial charge in [-0.05, 0) is 54.1 Å². The van der Waals surface area contributed by atoms with Crippen molar-refractivity contribution in [1.82, 2.24) is 5.43 Å². The molecule has 2 amide bonds. The van der Waals surface area contributed by atoms with Crippen LogP contribution in [0.15, 0.2) is 90.0 Å². The van der Waals surface area contributed by atoms with Crippen LogP contribution < -0.4 is 20.2 Å². The van der Waals surface area contributed by atoms with Crippen molar-refractivity contribution in [3.63, 3.8) is 0 Å². The first-order valence-electron chi connectivity index (χ1n) is 8.85. The number of benzene rings is 3. The van der Waals surface area contributed by atoms with Gasteiger partial charge in [0, 0.05) is 5.69 Å². The molecule has 0 aliphatic heterocycles. The summed E-state index contributed by atoms with van der Waals surface area (Å²) in [4.78, 5) is 11.7. The first kappa shape index (κ1) is 19.0. The average molecular weight is 375 g/mol. The summed E-state index contributed by atoms with van der Waals surface area (Å²) >= 11 is 0. The molecule has 0 spiro atoms. The van der Waals surface area contributed by atoms with Gasteiger partial charge in [0.15, 0.2) is 0 Å². The number of rotatable bonds is 8. The zero-order chi connectivity index (χ0) is 19.4. The van der Waals surface area contributed by atoms with Gasteiger partial charge in [0.2, 0.25) is 0 Å². The van der Waals surface area contributed by atoms with E-state index >= 15 is 0 Å². The average Bonchev–Trinajstić information content (AvgIpc) is 2.74. The second-order valence-electron chi connectivity index (χ2n) is 5.77. The lowest BCUT2D eigenvalue weighted by Gasteiger charge is -2.08. The van der Waals surface area contributed by atoms with E-state index in [1.807, 2.05) is 72.8 Å². The van der Waals surface area contributed by atoms with Gasteiger partial charge in [-0.1, -0.05) is 36.4 Å². The fraction of sp³-hybridized carbons (Fsp3) is 0.0909. The summed E-state index contributed by atoms with van der Waals surface area (Å²) in [6.07, 6.45) is 1.56. The number of para-hydroxylation sites is 2. The van der Waals surface area contributed by atoms with Crippen molar-refractivity contribution in [2.24, 2.45) is 5.10 Å². The van der Waals surface area contributed by atoms with Crippen LogP contribution in [0.3, 0.4) is 0 Å². The molecule has 0 unspecified atom stereocenters. The van der Waals surface area contributed by atoms with Gasteiger partial charge in [0.1, 0.15) is 24.7 Å². The van der Waals surface area contributed by atoms with Gasteiger partial charge in [-0.2, -0.15) is 5.10 Å². The number of amides is 2. The minimum absolute atomic E-state index is 0.402. The highest BCUT2D eigenvalue weighted by Gasteiger charge is 1.99. The molecule has 28 heavy (non-hydrogen) atoms. The number of ether oxygens (including phenoxy) is 2. The van der Waals surface area contributed by atoms with E-state index in [-0.39, 0.29) is 0 Å². The van der Waals surface area contributed by atoms with Crippen molar-refractivity contribution in [3.05, 3.63) is 90.5 Å². The first-order valence-corrected chi connectivity index (χ1v) is 8.85. The molecular weight excluding hydrogens is 354 g/mol. The number of anilines is 1. The fourth-order valence-electron chi connectivity index (χ4n) is 2.33. The van der Waals surface area contributed by atoms with Crippen molar-refractivity contribution in [2.75, 3.05) is 18.5 Å². The van der Waals surface area contributed by atoms with E-state index in [1.165, 1.54) is 0 Å². The summed E-state index contributed by atoms with van der Waals surface area (Å²) in [5.41, 5.74) is 3.97. The topological polar surface area (TPSA) is 72.0 Å². The van der Waals surface area contributed by atoms with Crippen molar-refractivity contribution < 1.29 is 14.3 Å². The zero-order valence-electron chi connectivity index (χ0n) is 15.2. The highest BCUT2D eigenvalue weighted by Crippen LogP contribution is 2.12. The van der Waals surface area contributed by atoms with Gasteiger partial charge >= 0.3 is 6.03 Å². The van der Waals surface area contributed by atoms with E-state index in [0.717, 1.165) is 17.1 Å². The molecule has 6 nitrogen and oxygen atoms in total. The van der Waals surface area contributed by atoms with Gasteiger partial charge in [-0.3, -0.25) is 0 Å². The number of hydrogen-bond donors (Lipinski definition) is 2. The maximum atomic E-state index is 11.7. The largest absolute Gasteiger partial charge is 0.490 e. The van der Waals surface area contributed by atoms with Crippen LogP contribution in [-0.2, 0) is 0 Å². The predicted octanol–water partition coefficient (Wildman–Crippen LogP) is 4.30. The molecule has 0 radical (unpaired) electrons. The Kier molecular flexibility index (Phi) is 7.03. The van der Waals surface area contributed by atoms with E-state index in [1.54, 1.807) is 18.3 Å². The SMILES string of the molecule is O=C(NN=Cc1ccc(OCCOc2ccccc2)cc1)Nc1ccccc1. The molecule has 0 aliphatic carbocycles. The fourth-order valence-corrected chi connectivity index (χ4v) is 2.33. The molecule has 0 fully saturated rings.